The van der Waals surface area contributed by atoms with Crippen LogP contribution in [0.1, 0.15) is 22.0 Å². The van der Waals surface area contributed by atoms with Gasteiger partial charge in [0.1, 0.15) is 5.82 Å². The molecule has 0 saturated heterocycles. The van der Waals surface area contributed by atoms with E-state index in [0.29, 0.717) is 11.3 Å². The summed E-state index contributed by atoms with van der Waals surface area (Å²) in [6.07, 6.45) is 0. The molecular formula is C20H19FN2OS. The van der Waals surface area contributed by atoms with Crippen molar-refractivity contribution in [3.8, 4) is 0 Å². The van der Waals surface area contributed by atoms with Gasteiger partial charge in [0, 0.05) is 10.6 Å². The van der Waals surface area contributed by atoms with Crippen molar-refractivity contribution in [2.45, 2.75) is 13.0 Å². The maximum absolute atomic E-state index is 13.6. The van der Waals surface area contributed by atoms with E-state index < -0.39 is 0 Å². The summed E-state index contributed by atoms with van der Waals surface area (Å²) in [4.78, 5) is 13.5. The molecule has 1 heterocycles. The Morgan fingerprint density at radius 2 is 1.92 bits per heavy atom. The molecule has 0 aliphatic rings. The summed E-state index contributed by atoms with van der Waals surface area (Å²) in [6, 6.07) is 18.5. The third-order valence-corrected chi connectivity index (χ3v) is 4.83. The lowest BCUT2D eigenvalue weighted by Gasteiger charge is -2.18. The fourth-order valence-corrected chi connectivity index (χ4v) is 3.32. The summed E-state index contributed by atoms with van der Waals surface area (Å²) < 4.78 is 13.6. The molecule has 1 aromatic heterocycles. The standard InChI is InChI=1S/C20H19FN2OS/c1-14-9-10-16(12-17(14)21)22-13-19(24)23-20(18-8-5-11-25-18)15-6-3-2-4-7-15/h2-12,20,22H,13H2,1H3,(H,23,24)/t20-/m0/s1. The lowest BCUT2D eigenvalue weighted by molar-refractivity contribution is -0.119. The normalized spacial score (nSPS) is 11.8. The van der Waals surface area contributed by atoms with Gasteiger partial charge in [-0.25, -0.2) is 4.39 Å². The van der Waals surface area contributed by atoms with Crippen LogP contribution in [0, 0.1) is 12.7 Å². The van der Waals surface area contributed by atoms with Crippen molar-refractivity contribution in [1.29, 1.82) is 0 Å². The molecule has 0 spiro atoms. The first kappa shape index (κ1) is 17.2. The number of benzene rings is 2. The Morgan fingerprint density at radius 3 is 2.60 bits per heavy atom. The van der Waals surface area contributed by atoms with Gasteiger partial charge in [0.2, 0.25) is 5.91 Å². The van der Waals surface area contributed by atoms with Crippen molar-refractivity contribution in [2.75, 3.05) is 11.9 Å². The predicted molar refractivity (Wildman–Crippen MR) is 100 cm³/mol. The third kappa shape index (κ3) is 4.45. The third-order valence-electron chi connectivity index (χ3n) is 3.89. The smallest absolute Gasteiger partial charge is 0.240 e. The Hall–Kier alpha value is -2.66. The van der Waals surface area contributed by atoms with Crippen molar-refractivity contribution in [2.24, 2.45) is 0 Å². The van der Waals surface area contributed by atoms with Crippen LogP contribution in [-0.4, -0.2) is 12.5 Å². The van der Waals surface area contributed by atoms with E-state index in [1.165, 1.54) is 6.07 Å². The van der Waals surface area contributed by atoms with E-state index in [1.54, 1.807) is 30.4 Å². The van der Waals surface area contributed by atoms with Crippen LogP contribution in [0.25, 0.3) is 0 Å². The first-order chi connectivity index (χ1) is 12.1. The number of nitrogens with one attached hydrogen (secondary N) is 2. The highest BCUT2D eigenvalue weighted by molar-refractivity contribution is 7.10. The summed E-state index contributed by atoms with van der Waals surface area (Å²) >= 11 is 1.60. The van der Waals surface area contributed by atoms with Gasteiger partial charge in [-0.3, -0.25) is 4.79 Å². The molecule has 1 atom stereocenters. The second-order valence-electron chi connectivity index (χ2n) is 5.74. The van der Waals surface area contributed by atoms with Crippen molar-refractivity contribution in [3.05, 3.63) is 87.9 Å². The van der Waals surface area contributed by atoms with Crippen LogP contribution in [0.2, 0.25) is 0 Å². The van der Waals surface area contributed by atoms with E-state index in [0.717, 1.165) is 10.4 Å². The van der Waals surface area contributed by atoms with Gasteiger partial charge in [-0.2, -0.15) is 0 Å². The Bertz CT molecular complexity index is 834. The molecule has 2 aromatic carbocycles. The fraction of sp³-hybridized carbons (Fsp3) is 0.150. The quantitative estimate of drug-likeness (QED) is 0.684. The van der Waals surface area contributed by atoms with Crippen molar-refractivity contribution in [1.82, 2.24) is 5.32 Å². The molecule has 25 heavy (non-hydrogen) atoms. The average Bonchev–Trinajstić information content (AvgIpc) is 3.16. The molecule has 0 bridgehead atoms. The molecule has 3 aromatic rings. The van der Waals surface area contributed by atoms with Crippen LogP contribution in [0.3, 0.4) is 0 Å². The fourth-order valence-electron chi connectivity index (χ4n) is 2.52. The zero-order chi connectivity index (χ0) is 17.6. The SMILES string of the molecule is Cc1ccc(NCC(=O)N[C@@H](c2ccccc2)c2cccs2)cc1F. The average molecular weight is 354 g/mol. The number of amides is 1. The van der Waals surface area contributed by atoms with Gasteiger partial charge in [-0.05, 0) is 41.6 Å². The number of hydrogen-bond acceptors (Lipinski definition) is 3. The summed E-state index contributed by atoms with van der Waals surface area (Å²) in [5.74, 6) is -0.436. The molecule has 3 nitrogen and oxygen atoms in total. The molecule has 3 rings (SSSR count). The van der Waals surface area contributed by atoms with E-state index in [-0.39, 0.29) is 24.3 Å². The van der Waals surface area contributed by atoms with Gasteiger partial charge < -0.3 is 10.6 Å². The maximum atomic E-state index is 13.6. The first-order valence-electron chi connectivity index (χ1n) is 8.01. The van der Waals surface area contributed by atoms with Gasteiger partial charge >= 0.3 is 0 Å². The van der Waals surface area contributed by atoms with Crippen molar-refractivity contribution < 1.29 is 9.18 Å². The summed E-state index contributed by atoms with van der Waals surface area (Å²) in [7, 11) is 0. The van der Waals surface area contributed by atoms with Gasteiger partial charge in [-0.15, -0.1) is 11.3 Å². The van der Waals surface area contributed by atoms with Crippen molar-refractivity contribution >= 4 is 22.9 Å². The summed E-state index contributed by atoms with van der Waals surface area (Å²) in [5, 5.41) is 8.00. The van der Waals surface area contributed by atoms with Crippen LogP contribution in [0.15, 0.2) is 66.0 Å². The van der Waals surface area contributed by atoms with Gasteiger partial charge in [-0.1, -0.05) is 42.5 Å². The monoisotopic (exact) mass is 354 g/mol. The number of halogens is 1. The van der Waals surface area contributed by atoms with Crippen LogP contribution in [0.5, 0.6) is 0 Å². The second kappa shape index (κ2) is 7.94. The molecule has 0 aliphatic carbocycles. The minimum absolute atomic E-state index is 0.0806. The maximum Gasteiger partial charge on any atom is 0.240 e. The van der Waals surface area contributed by atoms with Crippen LogP contribution in [-0.2, 0) is 4.79 Å². The largest absolute Gasteiger partial charge is 0.376 e. The summed E-state index contributed by atoms with van der Waals surface area (Å²) in [5.41, 5.74) is 2.20. The second-order valence-corrected chi connectivity index (χ2v) is 6.72. The van der Waals surface area contributed by atoms with E-state index >= 15 is 0 Å². The van der Waals surface area contributed by atoms with Crippen LogP contribution >= 0.6 is 11.3 Å². The Balaban J connectivity index is 1.67. The number of aryl methyl sites for hydroxylation is 1. The highest BCUT2D eigenvalue weighted by Gasteiger charge is 2.17. The number of rotatable bonds is 6. The van der Waals surface area contributed by atoms with Gasteiger partial charge in [0.15, 0.2) is 0 Å². The number of carbonyl (C=O) groups excluding carboxylic acids is 1. The number of hydrogen-bond donors (Lipinski definition) is 2. The number of anilines is 1. The lowest BCUT2D eigenvalue weighted by Crippen LogP contribution is -2.33. The van der Waals surface area contributed by atoms with Crippen LogP contribution < -0.4 is 10.6 Å². The Kier molecular flexibility index (Phi) is 5.46. The molecule has 0 fully saturated rings. The predicted octanol–water partition coefficient (Wildman–Crippen LogP) is 4.51. The molecule has 5 heteroatoms. The molecule has 0 aliphatic heterocycles. The van der Waals surface area contributed by atoms with Crippen LogP contribution in [0.4, 0.5) is 10.1 Å². The van der Waals surface area contributed by atoms with E-state index in [9.17, 15) is 9.18 Å². The lowest BCUT2D eigenvalue weighted by atomic mass is 10.1. The van der Waals surface area contributed by atoms with Crippen molar-refractivity contribution in [3.63, 3.8) is 0 Å². The minimum atomic E-state index is -0.286. The topological polar surface area (TPSA) is 41.1 Å². The summed E-state index contributed by atoms with van der Waals surface area (Å²) in [6.45, 7) is 1.79. The number of carbonyl (C=O) groups is 1. The highest BCUT2D eigenvalue weighted by Crippen LogP contribution is 2.25. The minimum Gasteiger partial charge on any atom is -0.376 e. The Labute approximate surface area is 150 Å². The molecular weight excluding hydrogens is 335 g/mol. The van der Waals surface area contributed by atoms with E-state index in [4.69, 9.17) is 0 Å². The van der Waals surface area contributed by atoms with Gasteiger partial charge in [0.25, 0.3) is 0 Å². The molecule has 0 radical (unpaired) electrons. The number of thiophene rings is 1. The molecule has 128 valence electrons. The molecule has 0 unspecified atom stereocenters. The molecule has 2 N–H and O–H groups in total. The zero-order valence-electron chi connectivity index (χ0n) is 13.8. The zero-order valence-corrected chi connectivity index (χ0v) is 14.6. The van der Waals surface area contributed by atoms with Gasteiger partial charge in [0.05, 0.1) is 12.6 Å². The van der Waals surface area contributed by atoms with E-state index in [2.05, 4.69) is 10.6 Å². The van der Waals surface area contributed by atoms with E-state index in [1.807, 2.05) is 47.8 Å². The Morgan fingerprint density at radius 1 is 1.12 bits per heavy atom. The molecule has 0 saturated carbocycles. The molecule has 1 amide bonds. The highest BCUT2D eigenvalue weighted by atomic mass is 32.1. The first-order valence-corrected chi connectivity index (χ1v) is 8.89.